The molecule has 2 heterocycles. The summed E-state index contributed by atoms with van der Waals surface area (Å²) in [6.45, 7) is 0. The second kappa shape index (κ2) is 13.1. The van der Waals surface area contributed by atoms with E-state index in [0.717, 1.165) is 44.4 Å². The van der Waals surface area contributed by atoms with Gasteiger partial charge in [0.25, 0.3) is 0 Å². The van der Waals surface area contributed by atoms with Crippen molar-refractivity contribution in [1.29, 1.82) is 0 Å². The molecule has 1 aromatic heterocycles. The van der Waals surface area contributed by atoms with Crippen molar-refractivity contribution in [2.45, 2.75) is 5.41 Å². The molecule has 59 heavy (non-hydrogen) atoms. The van der Waals surface area contributed by atoms with Crippen LogP contribution < -0.4 is 9.47 Å². The van der Waals surface area contributed by atoms with Gasteiger partial charge in [0.15, 0.2) is 28.8 Å². The SMILES string of the molecule is c1ccc(C2(c3ccccc3)c3ccccc3-c3cc4c(cc32)Oc2ccc(-c3ccc(-c5nc(-c6cccc7ccccc67)c6ccccc6n5)cc3)cc2O4)cc1. The summed E-state index contributed by atoms with van der Waals surface area (Å²) in [6.07, 6.45) is 0. The Bertz CT molecular complexity index is 3220. The molecular weight excluding hydrogens is 721 g/mol. The largest absolute Gasteiger partial charge is 0.450 e. The number of fused-ring (bicyclic) bond motifs is 7. The maximum absolute atomic E-state index is 6.73. The number of nitrogens with zero attached hydrogens (tertiary/aromatic N) is 2. The summed E-state index contributed by atoms with van der Waals surface area (Å²) in [4.78, 5) is 10.2. The van der Waals surface area contributed by atoms with E-state index in [1.165, 1.54) is 38.6 Å². The zero-order valence-corrected chi connectivity index (χ0v) is 31.8. The second-order valence-electron chi connectivity index (χ2n) is 15.3. The lowest BCUT2D eigenvalue weighted by molar-refractivity contribution is 0.359. The van der Waals surface area contributed by atoms with E-state index in [1.54, 1.807) is 0 Å². The zero-order chi connectivity index (χ0) is 38.9. The quantitative estimate of drug-likeness (QED) is 0.175. The van der Waals surface area contributed by atoms with Gasteiger partial charge in [-0.3, -0.25) is 0 Å². The van der Waals surface area contributed by atoms with Crippen molar-refractivity contribution in [2.24, 2.45) is 0 Å². The average Bonchev–Trinajstić information content (AvgIpc) is 3.59. The summed E-state index contributed by atoms with van der Waals surface area (Å²) in [5, 5.41) is 3.38. The van der Waals surface area contributed by atoms with Gasteiger partial charge in [0.1, 0.15) is 0 Å². The highest BCUT2D eigenvalue weighted by Gasteiger charge is 2.47. The summed E-state index contributed by atoms with van der Waals surface area (Å²) >= 11 is 0. The van der Waals surface area contributed by atoms with Crippen LogP contribution in [0.15, 0.2) is 206 Å². The molecule has 1 aliphatic carbocycles. The van der Waals surface area contributed by atoms with Crippen LogP contribution in [0.5, 0.6) is 23.0 Å². The van der Waals surface area contributed by atoms with Crippen LogP contribution in [0.25, 0.3) is 66.6 Å². The smallest absolute Gasteiger partial charge is 0.170 e. The lowest BCUT2D eigenvalue weighted by Gasteiger charge is -2.34. The number of ether oxygens (including phenoxy) is 2. The van der Waals surface area contributed by atoms with E-state index in [2.05, 4.69) is 194 Å². The first-order valence-corrected chi connectivity index (χ1v) is 20.0. The molecule has 2 aliphatic rings. The second-order valence-corrected chi connectivity index (χ2v) is 15.3. The molecule has 4 heteroatoms. The van der Waals surface area contributed by atoms with Crippen LogP contribution >= 0.6 is 0 Å². The molecule has 0 bridgehead atoms. The van der Waals surface area contributed by atoms with E-state index in [4.69, 9.17) is 19.4 Å². The first-order valence-electron chi connectivity index (χ1n) is 20.0. The summed E-state index contributed by atoms with van der Waals surface area (Å²) in [7, 11) is 0. The van der Waals surface area contributed by atoms with E-state index >= 15 is 0 Å². The Kier molecular flexibility index (Phi) is 7.41. The normalized spacial score (nSPS) is 13.2. The summed E-state index contributed by atoms with van der Waals surface area (Å²) in [5.41, 5.74) is 12.6. The fourth-order valence-corrected chi connectivity index (χ4v) is 9.35. The Balaban J connectivity index is 0.904. The van der Waals surface area contributed by atoms with Crippen molar-refractivity contribution in [3.63, 3.8) is 0 Å². The standard InChI is InChI=1S/C55H34N2O2/c1-3-16-39(17-4-1)55(40-18-5-2-6-19-40)46-24-11-9-21-42(46)45-33-51-52(34-47(45)55)58-49-31-30-38(32-50(49)59-51)35-26-28-37(29-27-35)54-56-48-25-12-10-22-44(48)53(57-54)43-23-13-15-36-14-7-8-20-41(36)43/h1-34H. The van der Waals surface area contributed by atoms with Gasteiger partial charge < -0.3 is 9.47 Å². The Labute approximate surface area is 341 Å². The van der Waals surface area contributed by atoms with Crippen molar-refractivity contribution < 1.29 is 9.47 Å². The maximum Gasteiger partial charge on any atom is 0.170 e. The summed E-state index contributed by atoms with van der Waals surface area (Å²) < 4.78 is 13.4. The van der Waals surface area contributed by atoms with Gasteiger partial charge in [-0.2, -0.15) is 0 Å². The van der Waals surface area contributed by atoms with Crippen molar-refractivity contribution in [3.8, 4) is 67.9 Å². The van der Waals surface area contributed by atoms with Crippen molar-refractivity contribution in [2.75, 3.05) is 0 Å². The lowest BCUT2D eigenvalue weighted by atomic mass is 9.67. The van der Waals surface area contributed by atoms with Crippen LogP contribution in [0.3, 0.4) is 0 Å². The molecular formula is C55H34N2O2. The van der Waals surface area contributed by atoms with Crippen LogP contribution in [-0.4, -0.2) is 9.97 Å². The highest BCUT2D eigenvalue weighted by atomic mass is 16.6. The van der Waals surface area contributed by atoms with Gasteiger partial charge in [-0.05, 0) is 85.6 Å². The van der Waals surface area contributed by atoms with Crippen LogP contribution in [0, 0.1) is 0 Å². The third-order valence-electron chi connectivity index (χ3n) is 12.0. The van der Waals surface area contributed by atoms with Crippen LogP contribution in [0.1, 0.15) is 22.3 Å². The van der Waals surface area contributed by atoms with Crippen LogP contribution in [0.4, 0.5) is 0 Å². The monoisotopic (exact) mass is 754 g/mol. The molecule has 12 rings (SSSR count). The highest BCUT2D eigenvalue weighted by Crippen LogP contribution is 2.59. The molecule has 276 valence electrons. The molecule has 0 unspecified atom stereocenters. The van der Waals surface area contributed by atoms with E-state index in [0.29, 0.717) is 28.8 Å². The number of benzene rings is 9. The first kappa shape index (κ1) is 33.3. The lowest BCUT2D eigenvalue weighted by Crippen LogP contribution is -2.28. The fourth-order valence-electron chi connectivity index (χ4n) is 9.35. The van der Waals surface area contributed by atoms with Crippen LogP contribution in [-0.2, 0) is 5.41 Å². The van der Waals surface area contributed by atoms with Crippen LogP contribution in [0.2, 0.25) is 0 Å². The molecule has 4 nitrogen and oxygen atoms in total. The Morgan fingerprint density at radius 3 is 1.76 bits per heavy atom. The third-order valence-corrected chi connectivity index (χ3v) is 12.0. The molecule has 0 radical (unpaired) electrons. The third kappa shape index (κ3) is 5.16. The van der Waals surface area contributed by atoms with Crippen molar-refractivity contribution >= 4 is 21.7 Å². The topological polar surface area (TPSA) is 44.2 Å². The molecule has 0 saturated heterocycles. The molecule has 0 N–H and O–H groups in total. The summed E-state index contributed by atoms with van der Waals surface area (Å²) in [6, 6.07) is 72.4. The predicted molar refractivity (Wildman–Crippen MR) is 237 cm³/mol. The maximum atomic E-state index is 6.73. The van der Waals surface area contributed by atoms with Crippen molar-refractivity contribution in [1.82, 2.24) is 9.97 Å². The first-order chi connectivity index (χ1) is 29.2. The average molecular weight is 755 g/mol. The minimum Gasteiger partial charge on any atom is -0.450 e. The summed E-state index contributed by atoms with van der Waals surface area (Å²) in [5.74, 6) is 3.46. The molecule has 0 fully saturated rings. The van der Waals surface area contributed by atoms with Crippen molar-refractivity contribution in [3.05, 3.63) is 229 Å². The predicted octanol–water partition coefficient (Wildman–Crippen LogP) is 14.0. The van der Waals surface area contributed by atoms with Gasteiger partial charge >= 0.3 is 0 Å². The Morgan fingerprint density at radius 2 is 0.949 bits per heavy atom. The van der Waals surface area contributed by atoms with Gasteiger partial charge in [-0.15, -0.1) is 0 Å². The minimum absolute atomic E-state index is 0.515. The van der Waals surface area contributed by atoms with Gasteiger partial charge in [0, 0.05) is 16.5 Å². The van der Waals surface area contributed by atoms with E-state index in [-0.39, 0.29) is 0 Å². The van der Waals surface area contributed by atoms with Gasteiger partial charge in [0.05, 0.1) is 16.6 Å². The molecule has 0 spiro atoms. The van der Waals surface area contributed by atoms with Gasteiger partial charge in [0.2, 0.25) is 0 Å². The Morgan fingerprint density at radius 1 is 0.356 bits per heavy atom. The molecule has 9 aromatic carbocycles. The number of hydrogen-bond acceptors (Lipinski definition) is 4. The number of rotatable bonds is 5. The fraction of sp³-hybridized carbons (Fsp3) is 0.0182. The van der Waals surface area contributed by atoms with Gasteiger partial charge in [-0.25, -0.2) is 9.97 Å². The van der Waals surface area contributed by atoms with E-state index < -0.39 is 5.41 Å². The molecule has 1 aliphatic heterocycles. The molecule has 0 saturated carbocycles. The zero-order valence-electron chi connectivity index (χ0n) is 31.8. The minimum atomic E-state index is -0.515. The number of hydrogen-bond donors (Lipinski definition) is 0. The molecule has 0 amide bonds. The number of aromatic nitrogens is 2. The molecule has 10 aromatic rings. The molecule has 0 atom stereocenters. The van der Waals surface area contributed by atoms with E-state index in [9.17, 15) is 0 Å². The van der Waals surface area contributed by atoms with E-state index in [1.807, 2.05) is 12.1 Å². The highest BCUT2D eigenvalue weighted by molar-refractivity contribution is 6.03. The Hall–Kier alpha value is -7.82. The van der Waals surface area contributed by atoms with Gasteiger partial charge in [-0.1, -0.05) is 176 Å². The number of para-hydroxylation sites is 1.